The molecule has 2 N–H and O–H groups in total. The molecule has 0 spiro atoms. The molecule has 0 aliphatic carbocycles. The second-order valence-electron chi connectivity index (χ2n) is 5.93. The molecule has 0 radical (unpaired) electrons. The van der Waals surface area contributed by atoms with E-state index in [1.54, 1.807) is 0 Å². The molecular weight excluding hydrogens is 238 g/mol. The molecule has 0 bridgehead atoms. The summed E-state index contributed by atoms with van der Waals surface area (Å²) in [5, 5.41) is 13.2. The number of ether oxygens (including phenoxy) is 1. The molecule has 1 aromatic carbocycles. The molecule has 0 heterocycles. The monoisotopic (exact) mass is 265 g/mol. The van der Waals surface area contributed by atoms with E-state index in [1.807, 2.05) is 18.2 Å². The van der Waals surface area contributed by atoms with Crippen LogP contribution in [0.1, 0.15) is 45.8 Å². The van der Waals surface area contributed by atoms with Crippen LogP contribution in [0.5, 0.6) is 0 Å². The fourth-order valence-corrected chi connectivity index (χ4v) is 1.83. The van der Waals surface area contributed by atoms with Crippen molar-refractivity contribution in [2.45, 2.75) is 51.9 Å². The van der Waals surface area contributed by atoms with Gasteiger partial charge < -0.3 is 15.2 Å². The van der Waals surface area contributed by atoms with Crippen molar-refractivity contribution in [3.8, 4) is 0 Å². The van der Waals surface area contributed by atoms with E-state index in [4.69, 9.17) is 4.74 Å². The summed E-state index contributed by atoms with van der Waals surface area (Å²) < 4.78 is 5.81. The van der Waals surface area contributed by atoms with Crippen molar-refractivity contribution in [1.29, 1.82) is 0 Å². The Morgan fingerprint density at radius 3 is 2.37 bits per heavy atom. The van der Waals surface area contributed by atoms with Crippen molar-refractivity contribution in [1.82, 2.24) is 5.32 Å². The van der Waals surface area contributed by atoms with E-state index in [2.05, 4.69) is 45.1 Å². The van der Waals surface area contributed by atoms with Crippen LogP contribution in [0.15, 0.2) is 30.3 Å². The molecule has 1 rings (SSSR count). The number of hydrogen-bond donors (Lipinski definition) is 2. The van der Waals surface area contributed by atoms with Crippen LogP contribution in [0.25, 0.3) is 0 Å². The van der Waals surface area contributed by atoms with Gasteiger partial charge in [-0.15, -0.1) is 0 Å². The van der Waals surface area contributed by atoms with E-state index >= 15 is 0 Å². The second kappa shape index (κ2) is 7.63. The summed E-state index contributed by atoms with van der Waals surface area (Å²) in [5.74, 6) is 0. The lowest BCUT2D eigenvalue weighted by Crippen LogP contribution is -2.42. The second-order valence-corrected chi connectivity index (χ2v) is 5.93. The quantitative estimate of drug-likeness (QED) is 0.796. The minimum atomic E-state index is -0.475. The van der Waals surface area contributed by atoms with Gasteiger partial charge in [-0.05, 0) is 32.8 Å². The van der Waals surface area contributed by atoms with Crippen molar-refractivity contribution < 1.29 is 9.84 Å². The van der Waals surface area contributed by atoms with Gasteiger partial charge in [0.2, 0.25) is 0 Å². The molecule has 3 heteroatoms. The van der Waals surface area contributed by atoms with Gasteiger partial charge in [0, 0.05) is 12.1 Å². The Kier molecular flexibility index (Phi) is 6.49. The highest BCUT2D eigenvalue weighted by atomic mass is 16.5. The van der Waals surface area contributed by atoms with Crippen LogP contribution in [0, 0.1) is 0 Å². The smallest absolute Gasteiger partial charge is 0.0898 e. The molecule has 0 saturated heterocycles. The van der Waals surface area contributed by atoms with E-state index < -0.39 is 6.10 Å². The van der Waals surface area contributed by atoms with Gasteiger partial charge in [0.05, 0.1) is 18.8 Å². The fourth-order valence-electron chi connectivity index (χ4n) is 1.83. The first-order chi connectivity index (χ1) is 8.92. The normalized spacial score (nSPS) is 15.2. The number of hydrogen-bond acceptors (Lipinski definition) is 3. The molecule has 0 aliphatic heterocycles. The Morgan fingerprint density at radius 2 is 1.84 bits per heavy atom. The summed E-state index contributed by atoms with van der Waals surface area (Å²) in [5.41, 5.74) is 1.19. The van der Waals surface area contributed by atoms with Gasteiger partial charge in [0.15, 0.2) is 0 Å². The Hall–Kier alpha value is -0.900. The summed E-state index contributed by atoms with van der Waals surface area (Å²) in [6, 6.07) is 10.2. The molecule has 2 atom stereocenters. The van der Waals surface area contributed by atoms with E-state index in [9.17, 15) is 5.11 Å². The van der Waals surface area contributed by atoms with E-state index in [-0.39, 0.29) is 11.6 Å². The average molecular weight is 265 g/mol. The number of aliphatic hydroxyl groups is 1. The maximum absolute atomic E-state index is 9.92. The molecule has 3 nitrogen and oxygen atoms in total. The van der Waals surface area contributed by atoms with Crippen molar-refractivity contribution >= 4 is 0 Å². The van der Waals surface area contributed by atoms with E-state index in [1.165, 1.54) is 5.56 Å². The minimum absolute atomic E-state index is 0.0184. The number of β-amino-alcohol motifs (C(OH)–C–C–N with tert-alkyl or cyclic N) is 1. The van der Waals surface area contributed by atoms with Crippen molar-refractivity contribution in [2.75, 3.05) is 13.2 Å². The van der Waals surface area contributed by atoms with Crippen molar-refractivity contribution in [3.05, 3.63) is 35.9 Å². The zero-order chi connectivity index (χ0) is 14.3. The summed E-state index contributed by atoms with van der Waals surface area (Å²) in [4.78, 5) is 0. The third-order valence-corrected chi connectivity index (χ3v) is 2.90. The Labute approximate surface area is 117 Å². The Balaban J connectivity index is 2.37. The van der Waals surface area contributed by atoms with E-state index in [0.29, 0.717) is 13.2 Å². The van der Waals surface area contributed by atoms with Gasteiger partial charge in [-0.25, -0.2) is 0 Å². The summed E-state index contributed by atoms with van der Waals surface area (Å²) >= 11 is 0. The third-order valence-electron chi connectivity index (χ3n) is 2.90. The lowest BCUT2D eigenvalue weighted by Gasteiger charge is -2.24. The molecule has 19 heavy (non-hydrogen) atoms. The Bertz CT molecular complexity index is 346. The van der Waals surface area contributed by atoms with Crippen LogP contribution in [0.2, 0.25) is 0 Å². The highest BCUT2D eigenvalue weighted by Gasteiger charge is 2.15. The van der Waals surface area contributed by atoms with Crippen molar-refractivity contribution in [3.63, 3.8) is 0 Å². The molecule has 1 aromatic rings. The molecule has 0 aromatic heterocycles. The predicted octanol–water partition coefficient (Wildman–Crippen LogP) is 2.90. The van der Waals surface area contributed by atoms with Gasteiger partial charge in [-0.1, -0.05) is 37.3 Å². The number of rotatable bonds is 7. The third kappa shape index (κ3) is 6.71. The molecule has 0 fully saturated rings. The van der Waals surface area contributed by atoms with Gasteiger partial charge in [0.1, 0.15) is 0 Å². The van der Waals surface area contributed by atoms with Gasteiger partial charge in [-0.2, -0.15) is 0 Å². The average Bonchev–Trinajstić information content (AvgIpc) is 2.37. The fraction of sp³-hybridized carbons (Fsp3) is 0.625. The molecule has 108 valence electrons. The summed E-state index contributed by atoms with van der Waals surface area (Å²) in [6.07, 6.45) is 0.492. The zero-order valence-electron chi connectivity index (χ0n) is 12.5. The summed E-state index contributed by atoms with van der Waals surface area (Å²) in [7, 11) is 0. The van der Waals surface area contributed by atoms with Crippen LogP contribution < -0.4 is 5.32 Å². The highest BCUT2D eigenvalue weighted by Crippen LogP contribution is 2.20. The summed E-state index contributed by atoms with van der Waals surface area (Å²) in [6.45, 7) is 9.25. The van der Waals surface area contributed by atoms with Gasteiger partial charge >= 0.3 is 0 Å². The van der Waals surface area contributed by atoms with Gasteiger partial charge in [-0.3, -0.25) is 0 Å². The first-order valence-electron chi connectivity index (χ1n) is 7.02. The largest absolute Gasteiger partial charge is 0.389 e. The number of nitrogens with one attached hydrogen (secondary N) is 1. The maximum Gasteiger partial charge on any atom is 0.0898 e. The molecule has 0 amide bonds. The highest BCUT2D eigenvalue weighted by molar-refractivity contribution is 5.17. The van der Waals surface area contributed by atoms with Crippen LogP contribution in [-0.2, 0) is 4.74 Å². The molecular formula is C16H27NO2. The molecule has 0 aliphatic rings. The Morgan fingerprint density at radius 1 is 1.21 bits per heavy atom. The van der Waals surface area contributed by atoms with E-state index in [0.717, 1.165) is 6.42 Å². The lowest BCUT2D eigenvalue weighted by molar-refractivity contribution is -0.0130. The predicted molar refractivity (Wildman–Crippen MR) is 79.2 cm³/mol. The first-order valence-corrected chi connectivity index (χ1v) is 7.02. The topological polar surface area (TPSA) is 41.5 Å². The number of benzene rings is 1. The van der Waals surface area contributed by atoms with Gasteiger partial charge in [0.25, 0.3) is 0 Å². The van der Waals surface area contributed by atoms with Crippen LogP contribution in [-0.4, -0.2) is 29.9 Å². The van der Waals surface area contributed by atoms with Crippen LogP contribution >= 0.6 is 0 Å². The molecule has 0 saturated carbocycles. The van der Waals surface area contributed by atoms with Crippen molar-refractivity contribution in [2.24, 2.45) is 0 Å². The minimum Gasteiger partial charge on any atom is -0.389 e. The SMILES string of the molecule is CC[C@H](OC[C@@H](O)CNC(C)(C)C)c1ccccc1. The molecule has 0 unspecified atom stereocenters. The maximum atomic E-state index is 9.92. The van der Waals surface area contributed by atoms with Crippen LogP contribution in [0.3, 0.4) is 0 Å². The number of aliphatic hydroxyl groups excluding tert-OH is 1. The zero-order valence-corrected chi connectivity index (χ0v) is 12.5. The van der Waals surface area contributed by atoms with Crippen LogP contribution in [0.4, 0.5) is 0 Å². The first kappa shape index (κ1) is 16.2. The standard InChI is InChI=1S/C16H27NO2/c1-5-15(13-9-7-6-8-10-13)19-12-14(18)11-17-16(2,3)4/h6-10,14-15,17-18H,5,11-12H2,1-4H3/t14-,15-/m0/s1. The lowest BCUT2D eigenvalue weighted by atomic mass is 10.1.